The number of benzene rings is 1. The van der Waals surface area contributed by atoms with Gasteiger partial charge >= 0.3 is 7.12 Å². The fourth-order valence-electron chi connectivity index (χ4n) is 3.74. The van der Waals surface area contributed by atoms with Crippen molar-refractivity contribution in [2.75, 3.05) is 13.7 Å². The second-order valence-corrected chi connectivity index (χ2v) is 9.15. The molecule has 2 unspecified atom stereocenters. The van der Waals surface area contributed by atoms with E-state index in [2.05, 4.69) is 4.98 Å². The largest absolute Gasteiger partial charge is 0.495 e. The van der Waals surface area contributed by atoms with Crippen molar-refractivity contribution >= 4 is 12.6 Å². The van der Waals surface area contributed by atoms with Gasteiger partial charge in [-0.15, -0.1) is 0 Å². The van der Waals surface area contributed by atoms with Crippen LogP contribution in [-0.4, -0.2) is 53.3 Å². The number of halogens is 1. The van der Waals surface area contributed by atoms with E-state index in [4.69, 9.17) is 24.0 Å². The lowest BCUT2D eigenvalue weighted by Crippen LogP contribution is -2.41. The Morgan fingerprint density at radius 1 is 1.18 bits per heavy atom. The fraction of sp³-hybridized carbons (Fsp3) is 0.500. The topological polar surface area (TPSA) is 114 Å². The Labute approximate surface area is 199 Å². The first-order valence-electron chi connectivity index (χ1n) is 11.1. The Kier molecular flexibility index (Phi) is 7.53. The highest BCUT2D eigenvalue weighted by Crippen LogP contribution is 2.39. The number of nitrogens with zero attached hydrogens (tertiary/aromatic N) is 2. The maximum atomic E-state index is 15.9. The molecule has 8 nitrogen and oxygen atoms in total. The predicted octanol–water partition coefficient (Wildman–Crippen LogP) is 3.04. The molecular formula is C24H30BFN2O6. The fourth-order valence-corrected chi connectivity index (χ4v) is 3.74. The molecule has 0 aliphatic carbocycles. The lowest BCUT2D eigenvalue weighted by molar-refractivity contribution is 0.00578. The summed E-state index contributed by atoms with van der Waals surface area (Å²) < 4.78 is 38.9. The molecule has 0 radical (unpaired) electrons. The van der Waals surface area contributed by atoms with Gasteiger partial charge in [0.15, 0.2) is 11.6 Å². The van der Waals surface area contributed by atoms with Gasteiger partial charge in [0, 0.05) is 12.0 Å². The van der Waals surface area contributed by atoms with Crippen molar-refractivity contribution in [1.82, 2.24) is 4.98 Å². The molecule has 2 aromatic rings. The number of aromatic nitrogens is 1. The summed E-state index contributed by atoms with van der Waals surface area (Å²) in [7, 11) is 0.456. The maximum absolute atomic E-state index is 15.9. The van der Waals surface area contributed by atoms with Gasteiger partial charge in [0.05, 0.1) is 31.0 Å². The molecule has 1 aromatic heterocycles. The first-order valence-corrected chi connectivity index (χ1v) is 11.1. The van der Waals surface area contributed by atoms with E-state index in [-0.39, 0.29) is 28.6 Å². The Balaban J connectivity index is 2.10. The molecular weight excluding hydrogens is 442 g/mol. The van der Waals surface area contributed by atoms with Crippen LogP contribution in [0.1, 0.15) is 58.1 Å². The number of methoxy groups -OCH3 is 1. The van der Waals surface area contributed by atoms with Crippen molar-refractivity contribution in [3.63, 3.8) is 0 Å². The third-order valence-corrected chi connectivity index (χ3v) is 6.50. The van der Waals surface area contributed by atoms with E-state index in [1.807, 2.05) is 33.8 Å². The zero-order valence-corrected chi connectivity index (χ0v) is 20.3. The first-order chi connectivity index (χ1) is 16.0. The van der Waals surface area contributed by atoms with Gasteiger partial charge in [0.1, 0.15) is 11.6 Å². The average Bonchev–Trinajstić information content (AvgIpc) is 3.02. The molecule has 2 atom stereocenters. The van der Waals surface area contributed by atoms with Gasteiger partial charge in [0.25, 0.3) is 0 Å². The molecule has 1 aromatic carbocycles. The molecule has 34 heavy (non-hydrogen) atoms. The van der Waals surface area contributed by atoms with Crippen LogP contribution in [0.2, 0.25) is 0 Å². The van der Waals surface area contributed by atoms with E-state index in [1.165, 1.54) is 25.3 Å². The van der Waals surface area contributed by atoms with Crippen LogP contribution < -0.4 is 14.9 Å². The molecule has 10 heteroatoms. The molecule has 1 fully saturated rings. The Hall–Kier alpha value is -2.71. The van der Waals surface area contributed by atoms with E-state index < -0.39 is 42.8 Å². The minimum absolute atomic E-state index is 0.0145. The average molecular weight is 472 g/mol. The summed E-state index contributed by atoms with van der Waals surface area (Å²) in [5, 5.41) is 29.8. The van der Waals surface area contributed by atoms with E-state index in [9.17, 15) is 10.2 Å². The highest BCUT2D eigenvalue weighted by molar-refractivity contribution is 6.62. The number of ether oxygens (including phenoxy) is 2. The van der Waals surface area contributed by atoms with Crippen molar-refractivity contribution in [2.45, 2.75) is 64.3 Å². The number of hydrogen-bond acceptors (Lipinski definition) is 8. The number of nitriles is 1. The van der Waals surface area contributed by atoms with Crippen LogP contribution in [0.25, 0.3) is 0 Å². The molecule has 1 aliphatic rings. The summed E-state index contributed by atoms with van der Waals surface area (Å²) in [5.74, 6) is -1.82. The number of hydrogen-bond donors (Lipinski definition) is 2. The molecule has 0 saturated carbocycles. The van der Waals surface area contributed by atoms with Crippen LogP contribution in [0.3, 0.4) is 0 Å². The second kappa shape index (κ2) is 9.88. The van der Waals surface area contributed by atoms with Gasteiger partial charge in [-0.25, -0.2) is 4.39 Å². The van der Waals surface area contributed by atoms with Crippen LogP contribution in [0.5, 0.6) is 17.5 Å². The number of rotatable bonds is 8. The third kappa shape index (κ3) is 4.75. The van der Waals surface area contributed by atoms with Gasteiger partial charge in [-0.2, -0.15) is 10.2 Å². The molecule has 1 saturated heterocycles. The maximum Gasteiger partial charge on any atom is 0.495 e. The highest BCUT2D eigenvalue weighted by Gasteiger charge is 2.53. The number of pyridine rings is 1. The van der Waals surface area contributed by atoms with Crippen molar-refractivity contribution < 1.29 is 33.4 Å². The smallest absolute Gasteiger partial charge is 0.480 e. The lowest BCUT2D eigenvalue weighted by atomic mass is 9.71. The summed E-state index contributed by atoms with van der Waals surface area (Å²) in [6.45, 7) is 8.78. The monoisotopic (exact) mass is 472 g/mol. The van der Waals surface area contributed by atoms with Gasteiger partial charge in [-0.05, 0) is 57.3 Å². The van der Waals surface area contributed by atoms with E-state index in [1.54, 1.807) is 13.0 Å². The molecule has 2 N–H and O–H groups in total. The van der Waals surface area contributed by atoms with E-state index in [0.29, 0.717) is 11.9 Å². The van der Waals surface area contributed by atoms with Crippen molar-refractivity contribution in [3.05, 3.63) is 41.2 Å². The van der Waals surface area contributed by atoms with Gasteiger partial charge in [-0.1, -0.05) is 13.0 Å². The molecule has 182 valence electrons. The molecule has 0 amide bonds. The minimum atomic E-state index is -1.01. The SMILES string of the molecule is CCC(O)C(CO)c1c(B2OC(C)(C)C(C)(C)O2)ccc(Oc2ccc(C#N)c(OC)n2)c1F. The summed E-state index contributed by atoms with van der Waals surface area (Å²) in [4.78, 5) is 4.10. The predicted molar refractivity (Wildman–Crippen MR) is 124 cm³/mol. The highest BCUT2D eigenvalue weighted by atomic mass is 19.1. The molecule has 3 rings (SSSR count). The summed E-state index contributed by atoms with van der Waals surface area (Å²) in [6.07, 6.45) is -0.712. The van der Waals surface area contributed by atoms with Crippen LogP contribution >= 0.6 is 0 Å². The van der Waals surface area contributed by atoms with Crippen LogP contribution in [-0.2, 0) is 9.31 Å². The third-order valence-electron chi connectivity index (χ3n) is 6.50. The summed E-state index contributed by atoms with van der Waals surface area (Å²) >= 11 is 0. The van der Waals surface area contributed by atoms with Crippen LogP contribution in [0.4, 0.5) is 4.39 Å². The standard InChI is InChI=1S/C24H30BFN2O6/c1-7-17(30)15(13-29)20-16(25-33-23(2,3)24(4,5)34-25)9-10-18(21(20)26)32-19-11-8-14(12-27)22(28-19)31-6/h8-11,15,17,29-30H,7,13H2,1-6H3. The minimum Gasteiger partial charge on any atom is -0.480 e. The lowest BCUT2D eigenvalue weighted by Gasteiger charge is -2.32. The zero-order valence-electron chi connectivity index (χ0n) is 20.3. The Morgan fingerprint density at radius 3 is 2.35 bits per heavy atom. The van der Waals surface area contributed by atoms with Crippen molar-refractivity contribution in [2.24, 2.45) is 0 Å². The van der Waals surface area contributed by atoms with Gasteiger partial charge in [0.2, 0.25) is 11.8 Å². The second-order valence-electron chi connectivity index (χ2n) is 9.15. The van der Waals surface area contributed by atoms with Crippen molar-refractivity contribution in [3.8, 4) is 23.6 Å². The van der Waals surface area contributed by atoms with Crippen molar-refractivity contribution in [1.29, 1.82) is 5.26 Å². The summed E-state index contributed by atoms with van der Waals surface area (Å²) in [5.41, 5.74) is -0.712. The Bertz CT molecular complexity index is 1070. The first kappa shape index (κ1) is 25.9. The molecule has 1 aliphatic heterocycles. The van der Waals surface area contributed by atoms with Gasteiger partial charge < -0.3 is 29.0 Å². The molecule has 0 bridgehead atoms. The number of aliphatic hydroxyl groups excluding tert-OH is 2. The zero-order chi connectivity index (χ0) is 25.3. The normalized spacial score (nSPS) is 18.3. The van der Waals surface area contributed by atoms with E-state index in [0.717, 1.165) is 0 Å². The molecule has 2 heterocycles. The van der Waals surface area contributed by atoms with Crippen LogP contribution in [0.15, 0.2) is 24.3 Å². The summed E-state index contributed by atoms with van der Waals surface area (Å²) in [6, 6.07) is 7.84. The quantitative estimate of drug-likeness (QED) is 0.564. The van der Waals surface area contributed by atoms with E-state index >= 15 is 4.39 Å². The Morgan fingerprint density at radius 2 is 1.82 bits per heavy atom. The van der Waals surface area contributed by atoms with Gasteiger partial charge in [-0.3, -0.25) is 0 Å². The molecule has 0 spiro atoms. The number of aliphatic hydroxyl groups is 2. The van der Waals surface area contributed by atoms with Crippen LogP contribution in [0, 0.1) is 17.1 Å².